The quantitative estimate of drug-likeness (QED) is 0.199. The number of benzene rings is 3. The Morgan fingerprint density at radius 3 is 2.54 bits per heavy atom. The van der Waals surface area contributed by atoms with Crippen molar-refractivity contribution in [3.63, 3.8) is 0 Å². The van der Waals surface area contributed by atoms with Gasteiger partial charge in [-0.15, -0.1) is 0 Å². The van der Waals surface area contributed by atoms with Crippen LogP contribution in [0.3, 0.4) is 0 Å². The lowest BCUT2D eigenvalue weighted by Gasteiger charge is -2.22. The van der Waals surface area contributed by atoms with Crippen molar-refractivity contribution >= 4 is 28.8 Å². The van der Waals surface area contributed by atoms with E-state index in [1.54, 1.807) is 12.1 Å². The van der Waals surface area contributed by atoms with Gasteiger partial charge in [0.25, 0.3) is 0 Å². The smallest absolute Gasteiger partial charge is 0.194 e. The Hall–Kier alpha value is -2.74. The van der Waals surface area contributed by atoms with Crippen molar-refractivity contribution in [2.75, 3.05) is 38.4 Å². The third kappa shape index (κ3) is 8.12. The number of ketones is 1. The van der Waals surface area contributed by atoms with E-state index >= 15 is 0 Å². The average Bonchev–Trinajstić information content (AvgIpc) is 2.91. The molecule has 0 saturated carbocycles. The fraction of sp³-hybridized carbons (Fsp3) is 0.367. The topological polar surface area (TPSA) is 66.0 Å². The van der Waals surface area contributed by atoms with E-state index in [4.69, 9.17) is 30.5 Å². The number of carbonyl (C=O) groups excluding carboxylic acids is 1. The highest BCUT2D eigenvalue weighted by Gasteiger charge is 2.16. The summed E-state index contributed by atoms with van der Waals surface area (Å²) in [6, 6.07) is 20.9. The predicted octanol–water partition coefficient (Wildman–Crippen LogP) is 6.70. The average molecular weight is 524 g/mol. The van der Waals surface area contributed by atoms with E-state index in [2.05, 4.69) is 5.32 Å². The molecule has 4 rings (SSSR count). The van der Waals surface area contributed by atoms with Crippen LogP contribution in [0.25, 0.3) is 0 Å². The van der Waals surface area contributed by atoms with Gasteiger partial charge in [-0.25, -0.2) is 0 Å². The molecule has 0 aromatic heterocycles. The van der Waals surface area contributed by atoms with Crippen molar-refractivity contribution in [1.29, 1.82) is 0 Å². The van der Waals surface area contributed by atoms with Gasteiger partial charge in [0.15, 0.2) is 12.1 Å². The Balaban J connectivity index is 1.24. The van der Waals surface area contributed by atoms with Gasteiger partial charge < -0.3 is 24.3 Å². The number of carbonyl (C=O) groups is 1. The molecule has 37 heavy (non-hydrogen) atoms. The summed E-state index contributed by atoms with van der Waals surface area (Å²) in [6.07, 6.45) is 3.14. The minimum absolute atomic E-state index is 0.0837. The van der Waals surface area contributed by atoms with Crippen LogP contribution < -0.4 is 5.32 Å². The summed E-state index contributed by atoms with van der Waals surface area (Å²) in [6.45, 7) is 5.16. The van der Waals surface area contributed by atoms with Gasteiger partial charge in [0.1, 0.15) is 0 Å². The van der Waals surface area contributed by atoms with Gasteiger partial charge in [0.05, 0.1) is 38.1 Å². The van der Waals surface area contributed by atoms with Crippen LogP contribution in [0.1, 0.15) is 46.3 Å². The Labute approximate surface area is 223 Å². The molecule has 1 heterocycles. The van der Waals surface area contributed by atoms with Crippen LogP contribution in [-0.2, 0) is 25.6 Å². The van der Waals surface area contributed by atoms with Crippen LogP contribution in [0.2, 0.25) is 5.02 Å². The fourth-order valence-electron chi connectivity index (χ4n) is 4.16. The third-order valence-electron chi connectivity index (χ3n) is 6.20. The Kier molecular flexibility index (Phi) is 10.5. The monoisotopic (exact) mass is 523 g/mol. The maximum absolute atomic E-state index is 13.0. The molecule has 6 nitrogen and oxygen atoms in total. The zero-order valence-corrected chi connectivity index (χ0v) is 22.0. The summed E-state index contributed by atoms with van der Waals surface area (Å²) in [5.74, 6) is -0.0837. The Morgan fingerprint density at radius 1 is 0.946 bits per heavy atom. The van der Waals surface area contributed by atoms with E-state index in [0.717, 1.165) is 48.4 Å². The van der Waals surface area contributed by atoms with E-state index in [9.17, 15) is 4.79 Å². The van der Waals surface area contributed by atoms with Crippen LogP contribution in [0.5, 0.6) is 0 Å². The fourth-order valence-corrected chi connectivity index (χ4v) is 4.42. The first-order valence-electron chi connectivity index (χ1n) is 12.8. The van der Waals surface area contributed by atoms with E-state index in [-0.39, 0.29) is 12.1 Å². The van der Waals surface area contributed by atoms with E-state index in [0.29, 0.717) is 49.2 Å². The summed E-state index contributed by atoms with van der Waals surface area (Å²) in [7, 11) is 0. The standard InChI is InChI=1S/C30H34ClNO5/c1-22-8-2-4-10-25(22)30(33)26-14-13-24(20-27(26)31)32-28-11-5-3-9-23(28)21-35-17-16-34-18-19-37-29-12-6-7-15-36-29/h2-5,8-11,13-14,20,29,32H,6-7,12,15-19,21H2,1H3. The molecular weight excluding hydrogens is 490 g/mol. The number of aryl methyl sites for hydroxylation is 1. The van der Waals surface area contributed by atoms with E-state index in [1.807, 2.05) is 61.5 Å². The second-order valence-corrected chi connectivity index (χ2v) is 9.36. The zero-order valence-electron chi connectivity index (χ0n) is 21.2. The number of anilines is 2. The van der Waals surface area contributed by atoms with Gasteiger partial charge in [-0.1, -0.05) is 54.1 Å². The first kappa shape index (κ1) is 27.3. The first-order chi connectivity index (χ1) is 18.1. The van der Waals surface area contributed by atoms with Gasteiger partial charge in [-0.05, 0) is 56.0 Å². The molecule has 0 radical (unpaired) electrons. The predicted molar refractivity (Wildman–Crippen MR) is 146 cm³/mol. The minimum Gasteiger partial charge on any atom is -0.377 e. The van der Waals surface area contributed by atoms with Gasteiger partial charge in [0.2, 0.25) is 0 Å². The normalized spacial score (nSPS) is 15.5. The van der Waals surface area contributed by atoms with Crippen molar-refractivity contribution < 1.29 is 23.7 Å². The largest absolute Gasteiger partial charge is 0.377 e. The summed E-state index contributed by atoms with van der Waals surface area (Å²) < 4.78 is 22.6. The van der Waals surface area contributed by atoms with Crippen molar-refractivity contribution in [1.82, 2.24) is 0 Å². The summed E-state index contributed by atoms with van der Waals surface area (Å²) in [5.41, 5.74) is 4.78. The van der Waals surface area contributed by atoms with Crippen molar-refractivity contribution in [3.05, 3.63) is 94.0 Å². The lowest BCUT2D eigenvalue weighted by molar-refractivity contribution is -0.169. The molecule has 3 aromatic carbocycles. The summed E-state index contributed by atoms with van der Waals surface area (Å²) >= 11 is 6.52. The lowest BCUT2D eigenvalue weighted by Crippen LogP contribution is -2.24. The molecule has 0 aliphatic carbocycles. The van der Waals surface area contributed by atoms with E-state index in [1.165, 1.54) is 0 Å². The Bertz CT molecular complexity index is 1160. The zero-order chi connectivity index (χ0) is 25.9. The second kappa shape index (κ2) is 14.3. The first-order valence-corrected chi connectivity index (χ1v) is 13.1. The molecule has 1 N–H and O–H groups in total. The lowest BCUT2D eigenvalue weighted by atomic mass is 9.99. The number of ether oxygens (including phenoxy) is 4. The Morgan fingerprint density at radius 2 is 1.73 bits per heavy atom. The summed E-state index contributed by atoms with van der Waals surface area (Å²) in [4.78, 5) is 13.0. The van der Waals surface area contributed by atoms with Gasteiger partial charge in [0, 0.05) is 34.7 Å². The maximum Gasteiger partial charge on any atom is 0.194 e. The molecule has 1 unspecified atom stereocenters. The van der Waals surface area contributed by atoms with Crippen molar-refractivity contribution in [2.24, 2.45) is 0 Å². The van der Waals surface area contributed by atoms with Gasteiger partial charge in [-0.3, -0.25) is 4.79 Å². The number of hydrogen-bond acceptors (Lipinski definition) is 6. The van der Waals surface area contributed by atoms with Gasteiger partial charge >= 0.3 is 0 Å². The molecule has 0 bridgehead atoms. The number of nitrogens with one attached hydrogen (secondary N) is 1. The number of hydrogen-bond donors (Lipinski definition) is 1. The van der Waals surface area contributed by atoms with Crippen molar-refractivity contribution in [2.45, 2.75) is 39.1 Å². The highest BCUT2D eigenvalue weighted by atomic mass is 35.5. The highest BCUT2D eigenvalue weighted by molar-refractivity contribution is 6.35. The molecule has 7 heteroatoms. The molecule has 196 valence electrons. The van der Waals surface area contributed by atoms with Crippen LogP contribution in [-0.4, -0.2) is 45.1 Å². The highest BCUT2D eigenvalue weighted by Crippen LogP contribution is 2.28. The molecule has 1 aliphatic rings. The third-order valence-corrected chi connectivity index (χ3v) is 6.51. The van der Waals surface area contributed by atoms with E-state index < -0.39 is 0 Å². The van der Waals surface area contributed by atoms with Gasteiger partial charge in [-0.2, -0.15) is 0 Å². The molecule has 1 aliphatic heterocycles. The number of para-hydroxylation sites is 1. The molecule has 1 atom stereocenters. The molecule has 0 spiro atoms. The summed E-state index contributed by atoms with van der Waals surface area (Å²) in [5, 5.41) is 3.80. The van der Waals surface area contributed by atoms with Crippen LogP contribution in [0, 0.1) is 6.92 Å². The van der Waals surface area contributed by atoms with Crippen molar-refractivity contribution in [3.8, 4) is 0 Å². The molecule has 0 amide bonds. The SMILES string of the molecule is Cc1ccccc1C(=O)c1ccc(Nc2ccccc2COCCOCCOC2CCCCO2)cc1Cl. The molecular formula is C30H34ClNO5. The molecule has 1 fully saturated rings. The van der Waals surface area contributed by atoms with Crippen LogP contribution in [0.4, 0.5) is 11.4 Å². The number of halogens is 1. The maximum atomic E-state index is 13.0. The number of rotatable bonds is 13. The molecule has 1 saturated heterocycles. The second-order valence-electron chi connectivity index (χ2n) is 8.95. The van der Waals surface area contributed by atoms with Crippen LogP contribution in [0.15, 0.2) is 66.7 Å². The molecule has 3 aromatic rings. The minimum atomic E-state index is -0.0859. The van der Waals surface area contributed by atoms with Crippen LogP contribution >= 0.6 is 11.6 Å².